The van der Waals surface area contributed by atoms with E-state index in [4.69, 9.17) is 16.3 Å². The minimum atomic E-state index is -0.409. The highest BCUT2D eigenvalue weighted by Gasteiger charge is 2.15. The van der Waals surface area contributed by atoms with Crippen LogP contribution in [0.4, 0.5) is 0 Å². The van der Waals surface area contributed by atoms with Gasteiger partial charge in [0.05, 0.1) is 11.2 Å². The summed E-state index contributed by atoms with van der Waals surface area (Å²) >= 11 is 6.14. The first kappa shape index (κ1) is 14.8. The first-order valence-corrected chi connectivity index (χ1v) is 7.29. The highest BCUT2D eigenvalue weighted by atomic mass is 35.5. The maximum Gasteiger partial charge on any atom is 0.350 e. The van der Waals surface area contributed by atoms with Crippen molar-refractivity contribution in [1.29, 1.82) is 0 Å². The van der Waals surface area contributed by atoms with Gasteiger partial charge in [0.25, 0.3) is 0 Å². The van der Waals surface area contributed by atoms with Gasteiger partial charge in [-0.3, -0.25) is 4.57 Å². The van der Waals surface area contributed by atoms with E-state index in [1.807, 2.05) is 42.5 Å². The van der Waals surface area contributed by atoms with E-state index in [0.29, 0.717) is 10.7 Å². The van der Waals surface area contributed by atoms with Crippen molar-refractivity contribution in [2.45, 2.75) is 13.2 Å². The zero-order valence-electron chi connectivity index (χ0n) is 12.3. The lowest BCUT2D eigenvalue weighted by Gasteiger charge is -2.17. The molecule has 0 aliphatic heterocycles. The number of benzene rings is 2. The van der Waals surface area contributed by atoms with E-state index in [0.717, 1.165) is 16.5 Å². The Morgan fingerprint density at radius 1 is 1.18 bits per heavy atom. The summed E-state index contributed by atoms with van der Waals surface area (Å²) in [6.45, 7) is 1.80. The van der Waals surface area contributed by atoms with Crippen molar-refractivity contribution in [3.05, 3.63) is 64.0 Å². The van der Waals surface area contributed by atoms with Gasteiger partial charge in [-0.2, -0.15) is 4.98 Å². The molecule has 2 aromatic carbocycles. The molecule has 0 aliphatic carbocycles. The van der Waals surface area contributed by atoms with Crippen LogP contribution in [-0.4, -0.2) is 16.7 Å². The normalized spacial score (nSPS) is 12.5. The molecule has 1 atom stereocenters. The predicted molar refractivity (Wildman–Crippen MR) is 88.2 cm³/mol. The van der Waals surface area contributed by atoms with Crippen LogP contribution in [0, 0.1) is 0 Å². The monoisotopic (exact) mass is 314 g/mol. The lowest BCUT2D eigenvalue weighted by Crippen LogP contribution is -2.27. The van der Waals surface area contributed by atoms with Crippen LogP contribution in [0.2, 0.25) is 5.02 Å². The molecule has 22 heavy (non-hydrogen) atoms. The van der Waals surface area contributed by atoms with E-state index in [1.54, 1.807) is 20.1 Å². The zero-order valence-corrected chi connectivity index (χ0v) is 13.0. The number of aromatic nitrogens is 2. The standard InChI is InChI=1S/C17H15ClN2O2/c1-11(22-2)20-15-9-8-13(18)10-14(15)16(19-17(20)21)12-6-4-3-5-7-12/h3-11H,1-2H3. The molecular weight excluding hydrogens is 300 g/mol. The van der Waals surface area contributed by atoms with Gasteiger partial charge in [0, 0.05) is 23.1 Å². The number of ether oxygens (including phenoxy) is 1. The van der Waals surface area contributed by atoms with Gasteiger partial charge in [0.15, 0.2) is 0 Å². The minimum absolute atomic E-state index is 0.344. The lowest BCUT2D eigenvalue weighted by molar-refractivity contribution is 0.0603. The Bertz CT molecular complexity index is 875. The Labute approximate surface area is 132 Å². The second-order valence-electron chi connectivity index (χ2n) is 4.98. The van der Waals surface area contributed by atoms with Gasteiger partial charge in [-0.1, -0.05) is 41.9 Å². The molecule has 0 fully saturated rings. The van der Waals surface area contributed by atoms with Crippen LogP contribution >= 0.6 is 11.6 Å². The number of hydrogen-bond donors (Lipinski definition) is 0. The van der Waals surface area contributed by atoms with E-state index in [1.165, 1.54) is 4.57 Å². The third-order valence-corrected chi connectivity index (χ3v) is 3.87. The van der Waals surface area contributed by atoms with Crippen LogP contribution in [0.3, 0.4) is 0 Å². The molecule has 0 saturated carbocycles. The third-order valence-electron chi connectivity index (χ3n) is 3.64. The van der Waals surface area contributed by atoms with E-state index < -0.39 is 6.23 Å². The van der Waals surface area contributed by atoms with E-state index >= 15 is 0 Å². The number of hydrogen-bond acceptors (Lipinski definition) is 3. The van der Waals surface area contributed by atoms with E-state index in [2.05, 4.69) is 4.98 Å². The maximum atomic E-state index is 12.5. The van der Waals surface area contributed by atoms with Crippen molar-refractivity contribution >= 4 is 22.5 Å². The summed E-state index contributed by atoms with van der Waals surface area (Å²) in [6.07, 6.45) is -0.409. The summed E-state index contributed by atoms with van der Waals surface area (Å²) < 4.78 is 6.82. The molecule has 1 aromatic heterocycles. The van der Waals surface area contributed by atoms with Crippen LogP contribution in [0.15, 0.2) is 53.3 Å². The first-order valence-electron chi connectivity index (χ1n) is 6.92. The van der Waals surface area contributed by atoms with Crippen LogP contribution < -0.4 is 5.69 Å². The molecule has 0 bridgehead atoms. The second kappa shape index (κ2) is 5.91. The van der Waals surface area contributed by atoms with Crippen molar-refractivity contribution in [1.82, 2.24) is 9.55 Å². The highest BCUT2D eigenvalue weighted by molar-refractivity contribution is 6.31. The summed E-state index contributed by atoms with van der Waals surface area (Å²) in [5.74, 6) is 0. The Kier molecular flexibility index (Phi) is 3.96. The molecule has 0 spiro atoms. The number of fused-ring (bicyclic) bond motifs is 1. The summed E-state index contributed by atoms with van der Waals surface area (Å²) in [7, 11) is 1.56. The summed E-state index contributed by atoms with van der Waals surface area (Å²) in [6, 6.07) is 15.0. The topological polar surface area (TPSA) is 44.1 Å². The smallest absolute Gasteiger partial charge is 0.350 e. The van der Waals surface area contributed by atoms with E-state index in [9.17, 15) is 4.79 Å². The van der Waals surface area contributed by atoms with Crippen molar-refractivity contribution in [3.8, 4) is 11.3 Å². The molecule has 3 rings (SSSR count). The van der Waals surface area contributed by atoms with Gasteiger partial charge in [0.1, 0.15) is 6.23 Å². The molecule has 0 aliphatic rings. The van der Waals surface area contributed by atoms with E-state index in [-0.39, 0.29) is 5.69 Å². The van der Waals surface area contributed by atoms with Crippen molar-refractivity contribution in [3.63, 3.8) is 0 Å². The fourth-order valence-corrected chi connectivity index (χ4v) is 2.67. The molecule has 4 nitrogen and oxygen atoms in total. The molecule has 0 radical (unpaired) electrons. The van der Waals surface area contributed by atoms with Crippen LogP contribution in [0.25, 0.3) is 22.2 Å². The Hall–Kier alpha value is -2.17. The van der Waals surface area contributed by atoms with Gasteiger partial charge in [0.2, 0.25) is 0 Å². The van der Waals surface area contributed by atoms with Crippen molar-refractivity contribution in [2.24, 2.45) is 0 Å². The number of halogens is 1. The Morgan fingerprint density at radius 2 is 1.91 bits per heavy atom. The molecule has 1 unspecified atom stereocenters. The maximum absolute atomic E-state index is 12.5. The minimum Gasteiger partial charge on any atom is -0.361 e. The molecule has 3 aromatic rings. The molecule has 0 N–H and O–H groups in total. The molecule has 0 saturated heterocycles. The van der Waals surface area contributed by atoms with Crippen LogP contribution in [-0.2, 0) is 4.74 Å². The quantitative estimate of drug-likeness (QED) is 0.737. The van der Waals surface area contributed by atoms with Gasteiger partial charge in [-0.15, -0.1) is 0 Å². The molecule has 0 amide bonds. The number of nitrogens with zero attached hydrogens (tertiary/aromatic N) is 2. The molecule has 5 heteroatoms. The van der Waals surface area contributed by atoms with Gasteiger partial charge >= 0.3 is 5.69 Å². The number of rotatable bonds is 3. The fraction of sp³-hybridized carbons (Fsp3) is 0.176. The largest absolute Gasteiger partial charge is 0.361 e. The Morgan fingerprint density at radius 3 is 2.59 bits per heavy atom. The van der Waals surface area contributed by atoms with Gasteiger partial charge in [-0.25, -0.2) is 4.79 Å². The summed E-state index contributed by atoms with van der Waals surface area (Å²) in [5, 5.41) is 1.42. The summed E-state index contributed by atoms with van der Waals surface area (Å²) in [4.78, 5) is 16.7. The molecule has 1 heterocycles. The lowest BCUT2D eigenvalue weighted by atomic mass is 10.1. The SMILES string of the molecule is COC(C)n1c(=O)nc(-c2ccccc2)c2cc(Cl)ccc21. The average Bonchev–Trinajstić information content (AvgIpc) is 2.54. The van der Waals surface area contributed by atoms with Crippen molar-refractivity contribution in [2.75, 3.05) is 7.11 Å². The Balaban J connectivity index is 2.41. The third kappa shape index (κ3) is 2.51. The predicted octanol–water partition coefficient (Wildman–Crippen LogP) is 3.88. The zero-order chi connectivity index (χ0) is 15.7. The fourth-order valence-electron chi connectivity index (χ4n) is 2.49. The molecule has 112 valence electrons. The average molecular weight is 315 g/mol. The van der Waals surface area contributed by atoms with Gasteiger partial charge < -0.3 is 4.74 Å². The van der Waals surface area contributed by atoms with Crippen molar-refractivity contribution < 1.29 is 4.74 Å². The van der Waals surface area contributed by atoms with Crippen LogP contribution in [0.1, 0.15) is 13.2 Å². The molecular formula is C17H15ClN2O2. The van der Waals surface area contributed by atoms with Gasteiger partial charge in [-0.05, 0) is 25.1 Å². The first-order chi connectivity index (χ1) is 10.6. The second-order valence-corrected chi connectivity index (χ2v) is 5.41. The highest BCUT2D eigenvalue weighted by Crippen LogP contribution is 2.28. The summed E-state index contributed by atoms with van der Waals surface area (Å²) in [5.41, 5.74) is 1.91. The number of methoxy groups -OCH3 is 1. The van der Waals surface area contributed by atoms with Crippen LogP contribution in [0.5, 0.6) is 0 Å².